The van der Waals surface area contributed by atoms with Gasteiger partial charge in [0.05, 0.1) is 5.60 Å². The molecule has 0 aromatic rings. The molecule has 0 spiro atoms. The van der Waals surface area contributed by atoms with Crippen LogP contribution in [0.2, 0.25) is 0 Å². The van der Waals surface area contributed by atoms with E-state index in [0.29, 0.717) is 12.8 Å². The van der Waals surface area contributed by atoms with E-state index in [9.17, 15) is 9.59 Å². The first-order valence-electron chi connectivity index (χ1n) is 4.19. The van der Waals surface area contributed by atoms with Crippen molar-refractivity contribution in [3.8, 4) is 0 Å². The molecule has 2 rings (SSSR count). The largest absolute Gasteiger partial charge is 0.360 e. The lowest BCUT2D eigenvalue weighted by Gasteiger charge is -2.33. The fourth-order valence-electron chi connectivity index (χ4n) is 2.25. The van der Waals surface area contributed by atoms with Gasteiger partial charge in [0.2, 0.25) is 0 Å². The summed E-state index contributed by atoms with van der Waals surface area (Å²) in [5.74, 6) is 0.230. The minimum absolute atomic E-state index is 0.0795. The standard InChI is InChI=1S/C9H12O3/c1-8-3-6(10)4-9(2,12-8)7(11)5-8/h3-5H2,1-2H3. The number of rotatable bonds is 0. The Morgan fingerprint density at radius 3 is 2.42 bits per heavy atom. The van der Waals surface area contributed by atoms with E-state index in [1.54, 1.807) is 6.92 Å². The highest BCUT2D eigenvalue weighted by Gasteiger charge is 2.55. The molecule has 66 valence electrons. The number of ketones is 2. The molecule has 2 fully saturated rings. The number of ether oxygens (including phenoxy) is 1. The molecule has 0 amide bonds. The van der Waals surface area contributed by atoms with Crippen LogP contribution in [-0.2, 0) is 14.3 Å². The van der Waals surface area contributed by atoms with Crippen LogP contribution < -0.4 is 0 Å². The topological polar surface area (TPSA) is 43.4 Å². The zero-order chi connectivity index (χ0) is 8.98. The van der Waals surface area contributed by atoms with Crippen LogP contribution in [0.15, 0.2) is 0 Å². The average molecular weight is 168 g/mol. The molecule has 0 saturated carbocycles. The van der Waals surface area contributed by atoms with Crippen molar-refractivity contribution in [2.45, 2.75) is 44.3 Å². The summed E-state index contributed by atoms with van der Waals surface area (Å²) in [4.78, 5) is 22.7. The van der Waals surface area contributed by atoms with Crippen molar-refractivity contribution in [3.63, 3.8) is 0 Å². The molecule has 2 aliphatic heterocycles. The minimum Gasteiger partial charge on any atom is -0.360 e. The number of fused-ring (bicyclic) bond motifs is 2. The maximum absolute atomic E-state index is 11.5. The maximum Gasteiger partial charge on any atom is 0.167 e. The van der Waals surface area contributed by atoms with Gasteiger partial charge in [-0.2, -0.15) is 0 Å². The lowest BCUT2D eigenvalue weighted by molar-refractivity contribution is -0.159. The summed E-state index contributed by atoms with van der Waals surface area (Å²) >= 11 is 0. The molecule has 2 atom stereocenters. The monoisotopic (exact) mass is 168 g/mol. The van der Waals surface area contributed by atoms with Crippen LogP contribution in [0, 0.1) is 0 Å². The van der Waals surface area contributed by atoms with Crippen molar-refractivity contribution in [2.75, 3.05) is 0 Å². The molecule has 2 heterocycles. The Morgan fingerprint density at radius 2 is 1.83 bits per heavy atom. The fraction of sp³-hybridized carbons (Fsp3) is 0.778. The molecule has 3 heteroatoms. The second-order valence-electron chi connectivity index (χ2n) is 4.28. The highest BCUT2D eigenvalue weighted by atomic mass is 16.5. The zero-order valence-electron chi connectivity index (χ0n) is 7.35. The highest BCUT2D eigenvalue weighted by Crippen LogP contribution is 2.43. The van der Waals surface area contributed by atoms with Gasteiger partial charge in [-0.05, 0) is 13.8 Å². The third-order valence-corrected chi connectivity index (χ3v) is 2.70. The number of Topliss-reactive ketones (excluding diaryl/α,β-unsaturated/α-hetero) is 2. The Labute approximate surface area is 71.1 Å². The highest BCUT2D eigenvalue weighted by molar-refractivity contribution is 5.98. The Hall–Kier alpha value is -0.700. The number of hydrogen-bond acceptors (Lipinski definition) is 3. The Morgan fingerprint density at radius 1 is 1.17 bits per heavy atom. The predicted octanol–water partition coefficient (Wildman–Crippen LogP) is 0.856. The normalized spacial score (nSPS) is 46.8. The molecule has 2 saturated heterocycles. The van der Waals surface area contributed by atoms with Gasteiger partial charge in [0.25, 0.3) is 0 Å². The summed E-state index contributed by atoms with van der Waals surface area (Å²) in [6, 6.07) is 0. The third kappa shape index (κ3) is 0.926. The quantitative estimate of drug-likeness (QED) is 0.538. The van der Waals surface area contributed by atoms with E-state index in [4.69, 9.17) is 4.74 Å². The van der Waals surface area contributed by atoms with Gasteiger partial charge in [-0.3, -0.25) is 9.59 Å². The fourth-order valence-corrected chi connectivity index (χ4v) is 2.25. The molecule has 0 aliphatic carbocycles. The number of carbonyl (C=O) groups excluding carboxylic acids is 2. The van der Waals surface area contributed by atoms with Gasteiger partial charge in [-0.1, -0.05) is 0 Å². The Bertz CT molecular complexity index is 271. The van der Waals surface area contributed by atoms with Crippen LogP contribution in [0.4, 0.5) is 0 Å². The molecule has 0 radical (unpaired) electrons. The van der Waals surface area contributed by atoms with Crippen LogP contribution >= 0.6 is 0 Å². The van der Waals surface area contributed by atoms with Gasteiger partial charge >= 0.3 is 0 Å². The molecular formula is C9H12O3. The smallest absolute Gasteiger partial charge is 0.167 e. The van der Waals surface area contributed by atoms with Crippen molar-refractivity contribution >= 4 is 11.6 Å². The van der Waals surface area contributed by atoms with Crippen LogP contribution in [0.3, 0.4) is 0 Å². The van der Waals surface area contributed by atoms with E-state index < -0.39 is 11.2 Å². The van der Waals surface area contributed by atoms with E-state index in [0.717, 1.165) is 0 Å². The van der Waals surface area contributed by atoms with Crippen LogP contribution in [0.1, 0.15) is 33.1 Å². The van der Waals surface area contributed by atoms with E-state index >= 15 is 0 Å². The molecule has 2 aliphatic rings. The van der Waals surface area contributed by atoms with Gasteiger partial charge in [0.1, 0.15) is 11.4 Å². The molecule has 3 nitrogen and oxygen atoms in total. The van der Waals surface area contributed by atoms with Crippen LogP contribution in [0.5, 0.6) is 0 Å². The van der Waals surface area contributed by atoms with E-state index in [1.807, 2.05) is 6.92 Å². The van der Waals surface area contributed by atoms with Crippen LogP contribution in [0.25, 0.3) is 0 Å². The van der Waals surface area contributed by atoms with E-state index in [-0.39, 0.29) is 18.0 Å². The lowest BCUT2D eigenvalue weighted by Crippen LogP contribution is -2.42. The summed E-state index contributed by atoms with van der Waals surface area (Å²) in [6.07, 6.45) is 1.06. The van der Waals surface area contributed by atoms with Gasteiger partial charge < -0.3 is 4.74 Å². The van der Waals surface area contributed by atoms with Gasteiger partial charge in [-0.25, -0.2) is 0 Å². The Balaban J connectivity index is 2.39. The van der Waals surface area contributed by atoms with Crippen molar-refractivity contribution in [2.24, 2.45) is 0 Å². The van der Waals surface area contributed by atoms with Crippen molar-refractivity contribution in [1.82, 2.24) is 0 Å². The second kappa shape index (κ2) is 1.96. The van der Waals surface area contributed by atoms with Crippen molar-refractivity contribution < 1.29 is 14.3 Å². The van der Waals surface area contributed by atoms with Crippen LogP contribution in [-0.4, -0.2) is 22.8 Å². The van der Waals surface area contributed by atoms with E-state index in [2.05, 4.69) is 0 Å². The summed E-state index contributed by atoms with van der Waals surface area (Å²) in [7, 11) is 0. The lowest BCUT2D eigenvalue weighted by atomic mass is 9.94. The second-order valence-corrected chi connectivity index (χ2v) is 4.28. The molecule has 0 N–H and O–H groups in total. The summed E-state index contributed by atoms with van der Waals surface area (Å²) < 4.78 is 5.58. The first-order chi connectivity index (χ1) is 5.44. The first-order valence-corrected chi connectivity index (χ1v) is 4.19. The van der Waals surface area contributed by atoms with Gasteiger partial charge in [0.15, 0.2) is 5.78 Å². The summed E-state index contributed by atoms with van der Waals surface area (Å²) in [5, 5.41) is 0. The molecular weight excluding hydrogens is 156 g/mol. The molecule has 2 bridgehead atoms. The number of carbonyl (C=O) groups is 2. The number of hydrogen-bond donors (Lipinski definition) is 0. The molecule has 0 aromatic carbocycles. The predicted molar refractivity (Wildman–Crippen MR) is 41.8 cm³/mol. The molecule has 2 unspecified atom stereocenters. The third-order valence-electron chi connectivity index (χ3n) is 2.70. The van der Waals surface area contributed by atoms with Crippen molar-refractivity contribution in [1.29, 1.82) is 0 Å². The summed E-state index contributed by atoms with van der Waals surface area (Å²) in [5.41, 5.74) is -1.30. The van der Waals surface area contributed by atoms with Crippen molar-refractivity contribution in [3.05, 3.63) is 0 Å². The van der Waals surface area contributed by atoms with Gasteiger partial charge in [-0.15, -0.1) is 0 Å². The minimum atomic E-state index is -0.802. The SMILES string of the molecule is CC12CC(=O)CC(C)(O1)C(=O)C2. The average Bonchev–Trinajstić information content (AvgIpc) is 1.96. The zero-order valence-corrected chi connectivity index (χ0v) is 7.35. The Kier molecular flexibility index (Phi) is 1.30. The van der Waals surface area contributed by atoms with E-state index in [1.165, 1.54) is 0 Å². The van der Waals surface area contributed by atoms with Gasteiger partial charge in [0, 0.05) is 19.3 Å². The summed E-state index contributed by atoms with van der Waals surface area (Å²) in [6.45, 7) is 3.56. The first kappa shape index (κ1) is 7.92. The maximum atomic E-state index is 11.5. The molecule has 0 aromatic heterocycles. The molecule has 12 heavy (non-hydrogen) atoms.